The van der Waals surface area contributed by atoms with Gasteiger partial charge >= 0.3 is 0 Å². The zero-order chi connectivity index (χ0) is 13.9. The summed E-state index contributed by atoms with van der Waals surface area (Å²) in [6.07, 6.45) is 12.0. The lowest BCUT2D eigenvalue weighted by Crippen LogP contribution is -2.57. The molecule has 20 heavy (non-hydrogen) atoms. The Hall–Kier alpha value is -0.330. The van der Waals surface area contributed by atoms with Crippen LogP contribution >= 0.6 is 0 Å². The molecule has 0 aliphatic heterocycles. The summed E-state index contributed by atoms with van der Waals surface area (Å²) in [4.78, 5) is 12.7. The Morgan fingerprint density at radius 1 is 1.00 bits per heavy atom. The second-order valence-electron chi connectivity index (χ2n) is 8.64. The van der Waals surface area contributed by atoms with Crippen LogP contribution in [0.5, 0.6) is 0 Å². The van der Waals surface area contributed by atoms with Crippen molar-refractivity contribution in [2.75, 3.05) is 0 Å². The summed E-state index contributed by atoms with van der Waals surface area (Å²) < 4.78 is 0. The fourth-order valence-corrected chi connectivity index (χ4v) is 7.17. The summed E-state index contributed by atoms with van der Waals surface area (Å²) >= 11 is 0. The van der Waals surface area contributed by atoms with E-state index in [0.29, 0.717) is 17.1 Å². The summed E-state index contributed by atoms with van der Waals surface area (Å²) in [5, 5.41) is 0. The molecule has 0 saturated heterocycles. The zero-order valence-corrected chi connectivity index (χ0v) is 13.2. The number of carbonyl (C=O) groups excluding carboxylic acids is 1. The number of carbonyl (C=O) groups is 1. The average molecular weight is 274 g/mol. The highest BCUT2D eigenvalue weighted by Crippen LogP contribution is 2.65. The maximum atomic E-state index is 12.7. The summed E-state index contributed by atoms with van der Waals surface area (Å²) in [6.45, 7) is 5.00. The van der Waals surface area contributed by atoms with E-state index in [4.69, 9.17) is 0 Å². The van der Waals surface area contributed by atoms with Crippen molar-refractivity contribution in [1.82, 2.24) is 0 Å². The summed E-state index contributed by atoms with van der Waals surface area (Å²) in [5.41, 5.74) is 0.339. The molecule has 7 atom stereocenters. The highest BCUT2D eigenvalue weighted by molar-refractivity contribution is 5.83. The molecule has 0 radical (unpaired) electrons. The number of hydrogen-bond acceptors (Lipinski definition) is 1. The Balaban J connectivity index is 1.73. The number of fused-ring (bicyclic) bond motifs is 5. The largest absolute Gasteiger partial charge is 0.299 e. The van der Waals surface area contributed by atoms with Gasteiger partial charge in [-0.25, -0.2) is 0 Å². The first kappa shape index (κ1) is 13.3. The molecule has 4 saturated carbocycles. The van der Waals surface area contributed by atoms with Crippen LogP contribution in [0.3, 0.4) is 0 Å². The normalized spacial score (nSPS) is 55.0. The summed E-state index contributed by atoms with van der Waals surface area (Å²) in [5.74, 6) is 5.38. The molecule has 0 aromatic heterocycles. The van der Waals surface area contributed by atoms with Crippen molar-refractivity contribution in [2.45, 2.75) is 71.6 Å². The molecule has 0 spiro atoms. The molecule has 0 bridgehead atoms. The van der Waals surface area contributed by atoms with Crippen molar-refractivity contribution >= 4 is 5.78 Å². The maximum Gasteiger partial charge on any atom is 0.136 e. The second kappa shape index (κ2) is 4.58. The number of ketones is 1. The van der Waals surface area contributed by atoms with Crippen LogP contribution in [-0.4, -0.2) is 5.78 Å². The fraction of sp³-hybridized carbons (Fsp3) is 0.947. The Morgan fingerprint density at radius 3 is 2.65 bits per heavy atom. The van der Waals surface area contributed by atoms with Crippen LogP contribution in [0.1, 0.15) is 71.6 Å². The van der Waals surface area contributed by atoms with Gasteiger partial charge in [0.15, 0.2) is 0 Å². The third kappa shape index (κ3) is 1.64. The van der Waals surface area contributed by atoms with Gasteiger partial charge in [-0.3, -0.25) is 4.79 Å². The van der Waals surface area contributed by atoms with E-state index in [1.54, 1.807) is 0 Å². The SMILES string of the molecule is C[C@@H]1CC2CCCC2C2CCC3CCCC(=O)C3[C@]21C. The minimum atomic E-state index is 0.339. The van der Waals surface area contributed by atoms with Crippen LogP contribution in [0.25, 0.3) is 0 Å². The molecule has 0 heterocycles. The van der Waals surface area contributed by atoms with Crippen LogP contribution in [0.15, 0.2) is 0 Å². The lowest BCUT2D eigenvalue weighted by Gasteiger charge is -2.60. The molecule has 4 fully saturated rings. The molecule has 0 aromatic rings. The molecular formula is C19H30O. The molecular weight excluding hydrogens is 244 g/mol. The second-order valence-corrected chi connectivity index (χ2v) is 8.64. The molecule has 0 N–H and O–H groups in total. The highest BCUT2D eigenvalue weighted by Gasteiger charge is 2.60. The van der Waals surface area contributed by atoms with E-state index < -0.39 is 0 Å². The molecule has 1 nitrogen and oxygen atoms in total. The van der Waals surface area contributed by atoms with Gasteiger partial charge in [0.1, 0.15) is 5.78 Å². The first-order chi connectivity index (χ1) is 9.62. The summed E-state index contributed by atoms with van der Waals surface area (Å²) in [6, 6.07) is 0. The van der Waals surface area contributed by atoms with Gasteiger partial charge in [0.05, 0.1) is 0 Å². The van der Waals surface area contributed by atoms with E-state index in [1.807, 2.05) is 0 Å². The fourth-order valence-electron chi connectivity index (χ4n) is 7.17. The number of rotatable bonds is 0. The van der Waals surface area contributed by atoms with Gasteiger partial charge in [-0.2, -0.15) is 0 Å². The van der Waals surface area contributed by atoms with E-state index in [2.05, 4.69) is 13.8 Å². The van der Waals surface area contributed by atoms with Crippen molar-refractivity contribution in [2.24, 2.45) is 40.9 Å². The Labute approximate surface area is 123 Å². The monoisotopic (exact) mass is 274 g/mol. The Morgan fingerprint density at radius 2 is 1.80 bits per heavy atom. The van der Waals surface area contributed by atoms with Crippen molar-refractivity contribution in [1.29, 1.82) is 0 Å². The minimum absolute atomic E-state index is 0.339. The molecule has 4 rings (SSSR count). The van der Waals surface area contributed by atoms with Crippen molar-refractivity contribution < 1.29 is 4.79 Å². The van der Waals surface area contributed by atoms with Gasteiger partial charge < -0.3 is 0 Å². The predicted octanol–water partition coefficient (Wildman–Crippen LogP) is 4.84. The first-order valence-corrected chi connectivity index (χ1v) is 9.15. The van der Waals surface area contributed by atoms with Crippen molar-refractivity contribution in [3.63, 3.8) is 0 Å². The van der Waals surface area contributed by atoms with Crippen LogP contribution in [-0.2, 0) is 4.79 Å². The molecule has 5 unspecified atom stereocenters. The Bertz CT molecular complexity index is 414. The van der Waals surface area contributed by atoms with Crippen LogP contribution in [0.4, 0.5) is 0 Å². The average Bonchev–Trinajstić information content (AvgIpc) is 2.87. The molecule has 1 heteroatoms. The van der Waals surface area contributed by atoms with E-state index in [-0.39, 0.29) is 0 Å². The molecule has 4 aliphatic carbocycles. The lowest BCUT2D eigenvalue weighted by molar-refractivity contribution is -0.157. The summed E-state index contributed by atoms with van der Waals surface area (Å²) in [7, 11) is 0. The Kier molecular flexibility index (Phi) is 3.06. The van der Waals surface area contributed by atoms with Gasteiger partial charge in [0.2, 0.25) is 0 Å². The van der Waals surface area contributed by atoms with Gasteiger partial charge in [-0.15, -0.1) is 0 Å². The third-order valence-corrected chi connectivity index (χ3v) is 8.09. The van der Waals surface area contributed by atoms with Gasteiger partial charge in [-0.1, -0.05) is 26.7 Å². The molecule has 4 aliphatic rings. The van der Waals surface area contributed by atoms with Crippen molar-refractivity contribution in [3.05, 3.63) is 0 Å². The quantitative estimate of drug-likeness (QED) is 0.617. The van der Waals surface area contributed by atoms with Crippen LogP contribution in [0, 0.1) is 40.9 Å². The van der Waals surface area contributed by atoms with Gasteiger partial charge in [-0.05, 0) is 73.5 Å². The van der Waals surface area contributed by atoms with Crippen molar-refractivity contribution in [3.8, 4) is 0 Å². The van der Waals surface area contributed by atoms with Gasteiger partial charge in [0, 0.05) is 12.3 Å². The zero-order valence-electron chi connectivity index (χ0n) is 13.2. The number of hydrogen-bond donors (Lipinski definition) is 0. The highest BCUT2D eigenvalue weighted by atomic mass is 16.1. The maximum absolute atomic E-state index is 12.7. The minimum Gasteiger partial charge on any atom is -0.299 e. The topological polar surface area (TPSA) is 17.1 Å². The smallest absolute Gasteiger partial charge is 0.136 e. The predicted molar refractivity (Wildman–Crippen MR) is 81.3 cm³/mol. The van der Waals surface area contributed by atoms with E-state index in [0.717, 1.165) is 36.0 Å². The molecule has 0 aromatic carbocycles. The molecule has 0 amide bonds. The van der Waals surface area contributed by atoms with E-state index in [9.17, 15) is 4.79 Å². The first-order valence-electron chi connectivity index (χ1n) is 9.15. The van der Waals surface area contributed by atoms with Crippen LogP contribution in [0.2, 0.25) is 0 Å². The van der Waals surface area contributed by atoms with E-state index >= 15 is 0 Å². The van der Waals surface area contributed by atoms with Gasteiger partial charge in [0.25, 0.3) is 0 Å². The molecule has 112 valence electrons. The number of Topliss-reactive ketones (excluding diaryl/α,β-unsaturated/α-hetero) is 1. The third-order valence-electron chi connectivity index (χ3n) is 8.09. The lowest BCUT2D eigenvalue weighted by atomic mass is 9.43. The van der Waals surface area contributed by atoms with Crippen LogP contribution < -0.4 is 0 Å². The van der Waals surface area contributed by atoms with E-state index in [1.165, 1.54) is 51.4 Å². The standard InChI is InChI=1S/C19H30O/c1-12-11-14-6-3-7-15(14)16-10-9-13-5-4-8-17(20)18(13)19(12,16)2/h12-16,18H,3-11H2,1-2H3/t12-,13?,14?,15?,16?,18?,19+/m1/s1.